The fourth-order valence-electron chi connectivity index (χ4n) is 2.36. The Morgan fingerprint density at radius 2 is 2.32 bits per heavy atom. The predicted octanol–water partition coefficient (Wildman–Crippen LogP) is 1.82. The number of amides is 2. The summed E-state index contributed by atoms with van der Waals surface area (Å²) in [5, 5.41) is 10.1. The molecule has 6 heteroatoms. The maximum atomic E-state index is 11.9. The van der Waals surface area contributed by atoms with Crippen molar-refractivity contribution in [2.24, 2.45) is 0 Å². The molecule has 1 saturated heterocycles. The highest BCUT2D eigenvalue weighted by Gasteiger charge is 2.17. The van der Waals surface area contributed by atoms with Gasteiger partial charge >= 0.3 is 6.03 Å². The molecule has 1 atom stereocenters. The minimum atomic E-state index is -0.197. The average Bonchev–Trinajstić information content (AvgIpc) is 2.99. The van der Waals surface area contributed by atoms with Crippen LogP contribution in [0.5, 0.6) is 0 Å². The van der Waals surface area contributed by atoms with Crippen molar-refractivity contribution in [1.29, 1.82) is 0 Å². The third kappa shape index (κ3) is 3.26. The lowest BCUT2D eigenvalue weighted by molar-refractivity contribution is 0.112. The summed E-state index contributed by atoms with van der Waals surface area (Å²) in [7, 11) is 0. The number of anilines is 1. The van der Waals surface area contributed by atoms with Crippen LogP contribution in [-0.4, -0.2) is 35.1 Å². The van der Waals surface area contributed by atoms with Crippen molar-refractivity contribution in [2.45, 2.75) is 46.3 Å². The van der Waals surface area contributed by atoms with Crippen LogP contribution in [0.2, 0.25) is 0 Å². The molecule has 2 heterocycles. The fourth-order valence-corrected chi connectivity index (χ4v) is 2.36. The normalized spacial score (nSPS) is 18.6. The molecule has 1 aliphatic heterocycles. The van der Waals surface area contributed by atoms with Gasteiger partial charge in [0.1, 0.15) is 0 Å². The van der Waals surface area contributed by atoms with Gasteiger partial charge in [0.05, 0.1) is 23.2 Å². The highest BCUT2D eigenvalue weighted by molar-refractivity contribution is 5.90. The Kier molecular flexibility index (Phi) is 4.42. The number of aromatic nitrogens is 2. The van der Waals surface area contributed by atoms with Crippen LogP contribution in [0.15, 0.2) is 0 Å². The summed E-state index contributed by atoms with van der Waals surface area (Å²) in [5.74, 6) is 0. The number of hydrogen-bond acceptors (Lipinski definition) is 3. The summed E-state index contributed by atoms with van der Waals surface area (Å²) in [6.07, 6.45) is 2.26. The molecule has 0 spiro atoms. The van der Waals surface area contributed by atoms with Crippen LogP contribution in [0.4, 0.5) is 10.5 Å². The molecule has 106 valence electrons. The molecule has 2 rings (SSSR count). The summed E-state index contributed by atoms with van der Waals surface area (Å²) < 4.78 is 7.34. The van der Waals surface area contributed by atoms with Crippen LogP contribution in [-0.2, 0) is 11.3 Å². The van der Waals surface area contributed by atoms with E-state index in [2.05, 4.69) is 15.7 Å². The van der Waals surface area contributed by atoms with Gasteiger partial charge in [0, 0.05) is 19.7 Å². The van der Waals surface area contributed by atoms with Crippen LogP contribution in [0.3, 0.4) is 0 Å². The van der Waals surface area contributed by atoms with Crippen LogP contribution in [0, 0.1) is 13.8 Å². The van der Waals surface area contributed by atoms with Crippen LogP contribution >= 0.6 is 0 Å². The lowest BCUT2D eigenvalue weighted by Crippen LogP contribution is -2.35. The largest absolute Gasteiger partial charge is 0.376 e. The van der Waals surface area contributed by atoms with E-state index in [1.54, 1.807) is 0 Å². The first kappa shape index (κ1) is 13.9. The molecule has 1 fully saturated rings. The van der Waals surface area contributed by atoms with Crippen LogP contribution in [0.25, 0.3) is 0 Å². The van der Waals surface area contributed by atoms with Gasteiger partial charge in [-0.05, 0) is 33.6 Å². The standard InChI is InChI=1S/C13H22N4O2/c1-4-17-10(3)12(9(2)16-17)15-13(18)14-8-11-6-5-7-19-11/h11H,4-8H2,1-3H3,(H2,14,15,18). The van der Waals surface area contributed by atoms with E-state index < -0.39 is 0 Å². The fraction of sp³-hybridized carbons (Fsp3) is 0.692. The summed E-state index contributed by atoms with van der Waals surface area (Å²) in [5.41, 5.74) is 2.62. The molecule has 1 aromatic rings. The molecular formula is C13H22N4O2. The lowest BCUT2D eigenvalue weighted by Gasteiger charge is -2.12. The number of hydrogen-bond donors (Lipinski definition) is 2. The van der Waals surface area contributed by atoms with Crippen molar-refractivity contribution in [2.75, 3.05) is 18.5 Å². The molecule has 2 amide bonds. The Morgan fingerprint density at radius 3 is 2.89 bits per heavy atom. The lowest BCUT2D eigenvalue weighted by atomic mass is 10.2. The van der Waals surface area contributed by atoms with Gasteiger partial charge in [0.15, 0.2) is 0 Å². The Bertz CT molecular complexity index is 450. The number of rotatable bonds is 4. The van der Waals surface area contributed by atoms with Gasteiger partial charge in [-0.1, -0.05) is 0 Å². The number of carbonyl (C=O) groups excluding carboxylic acids is 1. The Labute approximate surface area is 113 Å². The molecule has 1 aliphatic rings. The molecule has 1 aromatic heterocycles. The highest BCUT2D eigenvalue weighted by atomic mass is 16.5. The maximum absolute atomic E-state index is 11.9. The summed E-state index contributed by atoms with van der Waals surface area (Å²) in [4.78, 5) is 11.9. The predicted molar refractivity (Wildman–Crippen MR) is 73.4 cm³/mol. The number of carbonyl (C=O) groups is 1. The minimum Gasteiger partial charge on any atom is -0.376 e. The number of ether oxygens (including phenoxy) is 1. The van der Waals surface area contributed by atoms with Crippen molar-refractivity contribution in [3.05, 3.63) is 11.4 Å². The number of aryl methyl sites for hydroxylation is 2. The number of urea groups is 1. The summed E-state index contributed by atoms with van der Waals surface area (Å²) in [6.45, 7) is 8.04. The molecular weight excluding hydrogens is 244 g/mol. The van der Waals surface area contributed by atoms with E-state index in [1.807, 2.05) is 25.5 Å². The maximum Gasteiger partial charge on any atom is 0.319 e. The van der Waals surface area contributed by atoms with E-state index in [0.717, 1.165) is 43.1 Å². The van der Waals surface area contributed by atoms with E-state index >= 15 is 0 Å². The third-order valence-corrected chi connectivity index (χ3v) is 3.43. The van der Waals surface area contributed by atoms with Crippen molar-refractivity contribution >= 4 is 11.7 Å². The molecule has 2 N–H and O–H groups in total. The van der Waals surface area contributed by atoms with Gasteiger partial charge < -0.3 is 15.4 Å². The van der Waals surface area contributed by atoms with Crippen LogP contribution < -0.4 is 10.6 Å². The number of nitrogens with zero attached hydrogens (tertiary/aromatic N) is 2. The molecule has 0 saturated carbocycles. The second-order valence-electron chi connectivity index (χ2n) is 4.83. The first-order valence-electron chi connectivity index (χ1n) is 6.82. The van der Waals surface area contributed by atoms with Crippen LogP contribution in [0.1, 0.15) is 31.2 Å². The molecule has 6 nitrogen and oxygen atoms in total. The van der Waals surface area contributed by atoms with Gasteiger partial charge in [0.2, 0.25) is 0 Å². The monoisotopic (exact) mass is 266 g/mol. The molecule has 0 aromatic carbocycles. The van der Waals surface area contributed by atoms with Gasteiger partial charge in [-0.15, -0.1) is 0 Å². The zero-order valence-electron chi connectivity index (χ0n) is 11.8. The van der Waals surface area contributed by atoms with Crippen molar-refractivity contribution in [1.82, 2.24) is 15.1 Å². The zero-order valence-corrected chi connectivity index (χ0v) is 11.8. The second kappa shape index (κ2) is 6.06. The molecule has 0 bridgehead atoms. The molecule has 19 heavy (non-hydrogen) atoms. The Balaban J connectivity index is 1.89. The van der Waals surface area contributed by atoms with Crippen molar-refractivity contribution < 1.29 is 9.53 Å². The SMILES string of the molecule is CCn1nc(C)c(NC(=O)NCC2CCCO2)c1C. The van der Waals surface area contributed by atoms with E-state index in [1.165, 1.54) is 0 Å². The van der Waals surface area contributed by atoms with E-state index in [0.29, 0.717) is 6.54 Å². The van der Waals surface area contributed by atoms with E-state index in [9.17, 15) is 4.79 Å². The first-order chi connectivity index (χ1) is 9.11. The molecule has 0 aliphatic carbocycles. The smallest absolute Gasteiger partial charge is 0.319 e. The molecule has 0 radical (unpaired) electrons. The highest BCUT2D eigenvalue weighted by Crippen LogP contribution is 2.19. The minimum absolute atomic E-state index is 0.159. The van der Waals surface area contributed by atoms with Crippen molar-refractivity contribution in [3.8, 4) is 0 Å². The van der Waals surface area contributed by atoms with Gasteiger partial charge in [-0.3, -0.25) is 4.68 Å². The van der Waals surface area contributed by atoms with Gasteiger partial charge in [-0.25, -0.2) is 4.79 Å². The Hall–Kier alpha value is -1.56. The second-order valence-corrected chi connectivity index (χ2v) is 4.83. The third-order valence-electron chi connectivity index (χ3n) is 3.43. The van der Waals surface area contributed by atoms with Gasteiger partial charge in [-0.2, -0.15) is 5.10 Å². The van der Waals surface area contributed by atoms with Crippen molar-refractivity contribution in [3.63, 3.8) is 0 Å². The summed E-state index contributed by atoms with van der Waals surface area (Å²) in [6, 6.07) is -0.197. The topological polar surface area (TPSA) is 68.2 Å². The number of nitrogens with one attached hydrogen (secondary N) is 2. The van der Waals surface area contributed by atoms with E-state index in [4.69, 9.17) is 4.74 Å². The quantitative estimate of drug-likeness (QED) is 0.873. The van der Waals surface area contributed by atoms with Gasteiger partial charge in [0.25, 0.3) is 0 Å². The Morgan fingerprint density at radius 1 is 1.53 bits per heavy atom. The summed E-state index contributed by atoms with van der Waals surface area (Å²) >= 11 is 0. The molecule has 1 unspecified atom stereocenters. The van der Waals surface area contributed by atoms with E-state index in [-0.39, 0.29) is 12.1 Å². The zero-order chi connectivity index (χ0) is 13.8. The average molecular weight is 266 g/mol. The first-order valence-corrected chi connectivity index (χ1v) is 6.82.